The van der Waals surface area contributed by atoms with Crippen molar-refractivity contribution in [2.24, 2.45) is 11.8 Å². The number of ether oxygens (including phenoxy) is 1. The standard InChI is InChI=1S/C15H27FN2O/c16-14-11-13(12-3-5-17-6-4-12)1-2-15(14)18-7-9-19-10-8-18/h12-15,17H,1-11H2. The monoisotopic (exact) mass is 270 g/mol. The van der Waals surface area contributed by atoms with Crippen LogP contribution in [0, 0.1) is 11.8 Å². The minimum Gasteiger partial charge on any atom is -0.379 e. The van der Waals surface area contributed by atoms with Crippen LogP contribution in [0.25, 0.3) is 0 Å². The van der Waals surface area contributed by atoms with Gasteiger partial charge < -0.3 is 10.1 Å². The highest BCUT2D eigenvalue weighted by molar-refractivity contribution is 4.90. The van der Waals surface area contributed by atoms with Crippen LogP contribution in [0.1, 0.15) is 32.1 Å². The highest BCUT2D eigenvalue weighted by Gasteiger charge is 2.37. The fraction of sp³-hybridized carbons (Fsp3) is 1.00. The third-order valence-corrected chi connectivity index (χ3v) is 5.34. The van der Waals surface area contributed by atoms with E-state index in [-0.39, 0.29) is 6.04 Å². The number of hydrogen-bond acceptors (Lipinski definition) is 3. The lowest BCUT2D eigenvalue weighted by molar-refractivity contribution is -0.0266. The molecule has 2 heterocycles. The van der Waals surface area contributed by atoms with Crippen molar-refractivity contribution >= 4 is 0 Å². The van der Waals surface area contributed by atoms with Crippen molar-refractivity contribution < 1.29 is 9.13 Å². The van der Waals surface area contributed by atoms with Gasteiger partial charge in [-0.25, -0.2) is 4.39 Å². The second kappa shape index (κ2) is 6.51. The summed E-state index contributed by atoms with van der Waals surface area (Å²) in [6.45, 7) is 5.66. The van der Waals surface area contributed by atoms with E-state index in [0.717, 1.165) is 58.2 Å². The lowest BCUT2D eigenvalue weighted by atomic mass is 9.73. The van der Waals surface area contributed by atoms with Crippen molar-refractivity contribution in [2.45, 2.75) is 44.3 Å². The number of morpholine rings is 1. The van der Waals surface area contributed by atoms with Crippen molar-refractivity contribution in [3.8, 4) is 0 Å². The Balaban J connectivity index is 1.52. The zero-order valence-electron chi connectivity index (χ0n) is 11.8. The molecule has 0 radical (unpaired) electrons. The van der Waals surface area contributed by atoms with Gasteiger partial charge in [-0.05, 0) is 57.0 Å². The molecule has 0 spiro atoms. The Morgan fingerprint density at radius 1 is 0.947 bits per heavy atom. The molecule has 0 bridgehead atoms. The zero-order valence-corrected chi connectivity index (χ0v) is 11.8. The minimum atomic E-state index is -0.619. The Bertz CT molecular complexity index is 277. The Hall–Kier alpha value is -0.190. The smallest absolute Gasteiger partial charge is 0.116 e. The lowest BCUT2D eigenvalue weighted by Gasteiger charge is -2.43. The highest BCUT2D eigenvalue weighted by Crippen LogP contribution is 2.37. The molecule has 1 aliphatic carbocycles. The first-order valence-corrected chi connectivity index (χ1v) is 8.01. The molecule has 1 N–H and O–H groups in total. The Morgan fingerprint density at radius 2 is 1.68 bits per heavy atom. The van der Waals surface area contributed by atoms with Crippen LogP contribution in [0.3, 0.4) is 0 Å². The molecule has 3 atom stereocenters. The molecule has 3 fully saturated rings. The molecular weight excluding hydrogens is 243 g/mol. The maximum Gasteiger partial charge on any atom is 0.116 e. The van der Waals surface area contributed by atoms with Crippen molar-refractivity contribution in [3.05, 3.63) is 0 Å². The third kappa shape index (κ3) is 3.29. The average molecular weight is 270 g/mol. The van der Waals surface area contributed by atoms with Crippen LogP contribution >= 0.6 is 0 Å². The van der Waals surface area contributed by atoms with E-state index in [1.165, 1.54) is 19.3 Å². The van der Waals surface area contributed by atoms with Crippen molar-refractivity contribution in [1.29, 1.82) is 0 Å². The summed E-state index contributed by atoms with van der Waals surface area (Å²) in [6, 6.07) is 0.168. The fourth-order valence-electron chi connectivity index (χ4n) is 4.19. The number of rotatable bonds is 2. The second-order valence-electron chi connectivity index (χ2n) is 6.39. The maximum absolute atomic E-state index is 14.5. The summed E-state index contributed by atoms with van der Waals surface area (Å²) in [5, 5.41) is 3.41. The topological polar surface area (TPSA) is 24.5 Å². The molecule has 0 aromatic rings. The van der Waals surface area contributed by atoms with E-state index in [1.54, 1.807) is 0 Å². The largest absolute Gasteiger partial charge is 0.379 e. The number of piperidine rings is 1. The first-order chi connectivity index (χ1) is 9.34. The lowest BCUT2D eigenvalue weighted by Crippen LogP contribution is -2.50. The first-order valence-electron chi connectivity index (χ1n) is 8.01. The SMILES string of the molecule is FC1CC(C2CCNCC2)CCC1N1CCOCC1. The van der Waals surface area contributed by atoms with Crippen LogP contribution in [0.15, 0.2) is 0 Å². The summed E-state index contributed by atoms with van der Waals surface area (Å²) in [4.78, 5) is 2.33. The summed E-state index contributed by atoms with van der Waals surface area (Å²) >= 11 is 0. The van der Waals surface area contributed by atoms with Crippen LogP contribution in [0.4, 0.5) is 4.39 Å². The van der Waals surface area contributed by atoms with Gasteiger partial charge in [0.25, 0.3) is 0 Å². The molecule has 3 nitrogen and oxygen atoms in total. The predicted molar refractivity (Wildman–Crippen MR) is 74.0 cm³/mol. The van der Waals surface area contributed by atoms with Crippen LogP contribution in [-0.4, -0.2) is 56.5 Å². The third-order valence-electron chi connectivity index (χ3n) is 5.34. The van der Waals surface area contributed by atoms with Gasteiger partial charge in [-0.3, -0.25) is 4.90 Å². The molecular formula is C15H27FN2O. The number of halogens is 1. The zero-order chi connectivity index (χ0) is 13.1. The summed E-state index contributed by atoms with van der Waals surface area (Å²) in [6.07, 6.45) is 4.96. The predicted octanol–water partition coefficient (Wildman–Crippen LogP) is 1.82. The van der Waals surface area contributed by atoms with Crippen LogP contribution < -0.4 is 5.32 Å². The molecule has 0 aromatic carbocycles. The molecule has 2 saturated heterocycles. The number of alkyl halides is 1. The summed E-state index contributed by atoms with van der Waals surface area (Å²) in [5.41, 5.74) is 0. The van der Waals surface area contributed by atoms with Gasteiger partial charge in [0, 0.05) is 19.1 Å². The molecule has 0 aromatic heterocycles. The molecule has 1 saturated carbocycles. The normalized spacial score (nSPS) is 39.3. The quantitative estimate of drug-likeness (QED) is 0.828. The first kappa shape index (κ1) is 13.8. The summed E-state index contributed by atoms with van der Waals surface area (Å²) < 4.78 is 19.9. The van der Waals surface area contributed by atoms with E-state index in [2.05, 4.69) is 10.2 Å². The molecule has 0 amide bonds. The van der Waals surface area contributed by atoms with Crippen LogP contribution in [-0.2, 0) is 4.74 Å². The van der Waals surface area contributed by atoms with E-state index in [0.29, 0.717) is 5.92 Å². The Kier molecular flexibility index (Phi) is 4.72. The van der Waals surface area contributed by atoms with Gasteiger partial charge >= 0.3 is 0 Å². The fourth-order valence-corrected chi connectivity index (χ4v) is 4.19. The molecule has 4 heteroatoms. The molecule has 3 aliphatic rings. The minimum absolute atomic E-state index is 0.168. The van der Waals surface area contributed by atoms with Gasteiger partial charge in [0.2, 0.25) is 0 Å². The van der Waals surface area contributed by atoms with Gasteiger partial charge in [0.1, 0.15) is 6.17 Å². The number of nitrogens with zero attached hydrogens (tertiary/aromatic N) is 1. The number of nitrogens with one attached hydrogen (secondary N) is 1. The van der Waals surface area contributed by atoms with Crippen molar-refractivity contribution in [1.82, 2.24) is 10.2 Å². The van der Waals surface area contributed by atoms with E-state index < -0.39 is 6.17 Å². The average Bonchev–Trinajstić information content (AvgIpc) is 2.49. The van der Waals surface area contributed by atoms with Crippen molar-refractivity contribution in [3.63, 3.8) is 0 Å². The Morgan fingerprint density at radius 3 is 2.37 bits per heavy atom. The molecule has 3 rings (SSSR count). The second-order valence-corrected chi connectivity index (χ2v) is 6.39. The van der Waals surface area contributed by atoms with E-state index in [9.17, 15) is 4.39 Å². The molecule has 19 heavy (non-hydrogen) atoms. The van der Waals surface area contributed by atoms with Crippen LogP contribution in [0.5, 0.6) is 0 Å². The maximum atomic E-state index is 14.5. The van der Waals surface area contributed by atoms with Gasteiger partial charge in [0.15, 0.2) is 0 Å². The molecule has 2 aliphatic heterocycles. The molecule has 3 unspecified atom stereocenters. The van der Waals surface area contributed by atoms with E-state index >= 15 is 0 Å². The van der Waals surface area contributed by atoms with Gasteiger partial charge in [-0.15, -0.1) is 0 Å². The van der Waals surface area contributed by atoms with Gasteiger partial charge in [0.05, 0.1) is 13.2 Å². The summed E-state index contributed by atoms with van der Waals surface area (Å²) in [7, 11) is 0. The van der Waals surface area contributed by atoms with Crippen molar-refractivity contribution in [2.75, 3.05) is 39.4 Å². The summed E-state index contributed by atoms with van der Waals surface area (Å²) in [5.74, 6) is 1.40. The Labute approximate surface area is 115 Å². The molecule has 110 valence electrons. The highest BCUT2D eigenvalue weighted by atomic mass is 19.1. The van der Waals surface area contributed by atoms with E-state index in [1.807, 2.05) is 0 Å². The van der Waals surface area contributed by atoms with E-state index in [4.69, 9.17) is 4.74 Å². The van der Waals surface area contributed by atoms with Crippen LogP contribution in [0.2, 0.25) is 0 Å². The number of hydrogen-bond donors (Lipinski definition) is 1. The van der Waals surface area contributed by atoms with Gasteiger partial charge in [-0.2, -0.15) is 0 Å². The van der Waals surface area contributed by atoms with Gasteiger partial charge in [-0.1, -0.05) is 0 Å².